The minimum Gasteiger partial charge on any atom is -0.378 e. The fourth-order valence-electron chi connectivity index (χ4n) is 5.33. The van der Waals surface area contributed by atoms with Crippen molar-refractivity contribution in [2.45, 2.75) is 18.9 Å². The number of morpholine rings is 1. The van der Waals surface area contributed by atoms with E-state index in [0.29, 0.717) is 61.0 Å². The molecule has 1 amide bonds. The maximum absolute atomic E-state index is 14.7. The topological polar surface area (TPSA) is 113 Å². The molecule has 10 heteroatoms. The Labute approximate surface area is 225 Å². The molecule has 4 aromatic rings. The monoisotopic (exact) mass is 525 g/mol. The van der Waals surface area contributed by atoms with Crippen LogP contribution >= 0.6 is 0 Å². The number of carbonyl (C=O) groups excluding carboxylic acids is 1. The minimum atomic E-state index is -0.616. The molecule has 2 saturated heterocycles. The average molecular weight is 526 g/mol. The molecule has 4 heterocycles. The van der Waals surface area contributed by atoms with Gasteiger partial charge in [-0.15, -0.1) is 0 Å². The molecule has 0 aliphatic carbocycles. The summed E-state index contributed by atoms with van der Waals surface area (Å²) < 4.78 is 21.9. The third-order valence-electron chi connectivity index (χ3n) is 7.34. The van der Waals surface area contributed by atoms with Crippen LogP contribution in [0.3, 0.4) is 0 Å². The Morgan fingerprint density at radius 2 is 1.90 bits per heavy atom. The van der Waals surface area contributed by atoms with Crippen LogP contribution in [0.1, 0.15) is 28.8 Å². The van der Waals surface area contributed by atoms with Gasteiger partial charge >= 0.3 is 0 Å². The number of rotatable bonds is 4. The number of hydrogen-bond donors (Lipinski definition) is 1. The largest absolute Gasteiger partial charge is 0.378 e. The summed E-state index contributed by atoms with van der Waals surface area (Å²) in [4.78, 5) is 26.6. The van der Waals surface area contributed by atoms with Gasteiger partial charge in [0.1, 0.15) is 23.2 Å². The molecule has 0 unspecified atom stereocenters. The number of amides is 1. The zero-order valence-corrected chi connectivity index (χ0v) is 21.4. The highest BCUT2D eigenvalue weighted by atomic mass is 19.1. The first-order chi connectivity index (χ1) is 19.0. The molecule has 0 spiro atoms. The molecule has 2 aliphatic heterocycles. The summed E-state index contributed by atoms with van der Waals surface area (Å²) in [6.45, 7) is 3.77. The van der Waals surface area contributed by atoms with Gasteiger partial charge in [-0.25, -0.2) is 14.4 Å². The number of pyridine rings is 1. The molecule has 0 bridgehead atoms. The molecule has 2 aromatic heterocycles. The van der Waals surface area contributed by atoms with E-state index in [1.54, 1.807) is 29.3 Å². The molecule has 0 radical (unpaired) electrons. The molecular weight excluding hydrogens is 497 g/mol. The van der Waals surface area contributed by atoms with Gasteiger partial charge < -0.3 is 20.3 Å². The Bertz CT molecular complexity index is 1570. The second-order valence-electron chi connectivity index (χ2n) is 9.88. The van der Waals surface area contributed by atoms with E-state index in [1.165, 1.54) is 12.1 Å². The fraction of sp³-hybridized carbons (Fsp3) is 0.310. The number of anilines is 1. The maximum atomic E-state index is 14.7. The van der Waals surface area contributed by atoms with Crippen LogP contribution in [0.15, 0.2) is 54.7 Å². The lowest BCUT2D eigenvalue weighted by Gasteiger charge is -2.32. The van der Waals surface area contributed by atoms with Crippen molar-refractivity contribution in [1.29, 1.82) is 5.26 Å². The molecule has 198 valence electrons. The molecule has 2 fully saturated rings. The van der Waals surface area contributed by atoms with Crippen LogP contribution in [-0.4, -0.2) is 70.8 Å². The molecule has 39 heavy (non-hydrogen) atoms. The van der Waals surface area contributed by atoms with Gasteiger partial charge in [-0.3, -0.25) is 9.36 Å². The summed E-state index contributed by atoms with van der Waals surface area (Å²) >= 11 is 0. The second kappa shape index (κ2) is 10.4. The lowest BCUT2D eigenvalue weighted by atomic mass is 10.1. The highest BCUT2D eigenvalue weighted by molar-refractivity contribution is 5.95. The van der Waals surface area contributed by atoms with Crippen LogP contribution in [0, 0.1) is 17.1 Å². The summed E-state index contributed by atoms with van der Waals surface area (Å²) in [5.41, 5.74) is 10.3. The van der Waals surface area contributed by atoms with Crippen LogP contribution in [0.25, 0.3) is 28.2 Å². The zero-order chi connectivity index (χ0) is 26.9. The summed E-state index contributed by atoms with van der Waals surface area (Å²) in [5, 5.41) is 9.22. The molecule has 9 nitrogen and oxygen atoms in total. The van der Waals surface area contributed by atoms with Crippen molar-refractivity contribution < 1.29 is 13.9 Å². The Hall–Kier alpha value is -4.33. The minimum absolute atomic E-state index is 0.0338. The first-order valence-corrected chi connectivity index (χ1v) is 13.1. The molecule has 2 N–H and O–H groups in total. The van der Waals surface area contributed by atoms with Crippen molar-refractivity contribution in [2.75, 3.05) is 44.3 Å². The lowest BCUT2D eigenvalue weighted by Crippen LogP contribution is -2.42. The van der Waals surface area contributed by atoms with Gasteiger partial charge in [0.25, 0.3) is 5.91 Å². The van der Waals surface area contributed by atoms with Crippen LogP contribution < -0.4 is 10.6 Å². The van der Waals surface area contributed by atoms with E-state index in [2.05, 4.69) is 9.88 Å². The number of nitriles is 1. The predicted molar refractivity (Wildman–Crippen MR) is 145 cm³/mol. The summed E-state index contributed by atoms with van der Waals surface area (Å²) in [5.74, 6) is -0.172. The van der Waals surface area contributed by atoms with Crippen LogP contribution in [0.5, 0.6) is 0 Å². The zero-order valence-electron chi connectivity index (χ0n) is 21.4. The molecule has 0 saturated carbocycles. The third kappa shape index (κ3) is 4.71. The third-order valence-corrected chi connectivity index (χ3v) is 7.34. The number of piperidine rings is 1. The number of aromatic nitrogens is 3. The average Bonchev–Trinajstić information content (AvgIpc) is 3.37. The van der Waals surface area contributed by atoms with Crippen LogP contribution in [-0.2, 0) is 4.74 Å². The number of imidazole rings is 1. The van der Waals surface area contributed by atoms with Crippen molar-refractivity contribution in [2.24, 2.45) is 5.73 Å². The Balaban J connectivity index is 1.47. The Kier molecular flexibility index (Phi) is 6.69. The highest BCUT2D eigenvalue weighted by Crippen LogP contribution is 2.34. The van der Waals surface area contributed by atoms with Gasteiger partial charge in [0.15, 0.2) is 5.65 Å². The first kappa shape index (κ1) is 25.0. The number of fused-ring (bicyclic) bond motifs is 1. The van der Waals surface area contributed by atoms with Crippen molar-refractivity contribution >= 4 is 22.8 Å². The van der Waals surface area contributed by atoms with E-state index in [0.717, 1.165) is 30.8 Å². The number of ether oxygens (including phenoxy) is 1. The number of nitrogens with two attached hydrogens (primary N) is 1. The van der Waals surface area contributed by atoms with E-state index in [-0.39, 0.29) is 17.5 Å². The molecule has 2 aromatic carbocycles. The summed E-state index contributed by atoms with van der Waals surface area (Å²) in [6.07, 6.45) is 3.71. The first-order valence-electron chi connectivity index (χ1n) is 13.1. The normalized spacial score (nSPS) is 17.8. The number of benzene rings is 2. The van der Waals surface area contributed by atoms with Gasteiger partial charge in [0.2, 0.25) is 0 Å². The van der Waals surface area contributed by atoms with Crippen LogP contribution in [0.2, 0.25) is 0 Å². The fourth-order valence-corrected chi connectivity index (χ4v) is 5.33. The Morgan fingerprint density at radius 3 is 2.62 bits per heavy atom. The van der Waals surface area contributed by atoms with Crippen molar-refractivity contribution in [3.63, 3.8) is 0 Å². The Morgan fingerprint density at radius 1 is 1.10 bits per heavy atom. The van der Waals surface area contributed by atoms with E-state index in [1.807, 2.05) is 28.8 Å². The summed E-state index contributed by atoms with van der Waals surface area (Å²) in [6, 6.07) is 15.6. The maximum Gasteiger partial charge on any atom is 0.254 e. The van der Waals surface area contributed by atoms with E-state index in [9.17, 15) is 14.4 Å². The second-order valence-corrected chi connectivity index (χ2v) is 9.88. The quantitative estimate of drug-likeness (QED) is 0.434. The van der Waals surface area contributed by atoms with Gasteiger partial charge in [0.05, 0.1) is 24.5 Å². The van der Waals surface area contributed by atoms with Gasteiger partial charge in [0, 0.05) is 55.2 Å². The van der Waals surface area contributed by atoms with Crippen molar-refractivity contribution in [3.05, 3.63) is 71.7 Å². The van der Waals surface area contributed by atoms with Gasteiger partial charge in [-0.05, 0) is 61.4 Å². The molecular formula is C29H28FN7O2. The van der Waals surface area contributed by atoms with E-state index < -0.39 is 5.82 Å². The van der Waals surface area contributed by atoms with E-state index in [4.69, 9.17) is 15.5 Å². The molecule has 1 atom stereocenters. The number of halogens is 1. The van der Waals surface area contributed by atoms with Crippen molar-refractivity contribution in [3.8, 4) is 23.1 Å². The van der Waals surface area contributed by atoms with Gasteiger partial charge in [-0.1, -0.05) is 0 Å². The van der Waals surface area contributed by atoms with E-state index >= 15 is 0 Å². The predicted octanol–water partition coefficient (Wildman–Crippen LogP) is 3.50. The molecule has 2 aliphatic rings. The summed E-state index contributed by atoms with van der Waals surface area (Å²) in [7, 11) is 0. The smallest absolute Gasteiger partial charge is 0.254 e. The number of nitrogens with zero attached hydrogens (tertiary/aromatic N) is 6. The number of hydrogen-bond acceptors (Lipinski definition) is 7. The number of carbonyl (C=O) groups is 1. The molecule has 6 rings (SSSR count). The standard InChI is InChI=1S/C29H28FN7O2/c30-24-16-20(3-4-21(24)17-31)27-34-26-25(36-11-1-2-22(32)18-36)9-10-33-28(26)37(27)23-7-5-19(6-8-23)29(38)35-12-14-39-15-13-35/h3-10,16,22H,1-2,11-15,18,32H2/t22-/m1/s1. The lowest BCUT2D eigenvalue weighted by molar-refractivity contribution is 0.0303. The highest BCUT2D eigenvalue weighted by Gasteiger charge is 2.24. The van der Waals surface area contributed by atoms with Crippen LogP contribution in [0.4, 0.5) is 10.1 Å². The SMILES string of the molecule is N#Cc1ccc(-c2nc3c(N4CCC[C@@H](N)C4)ccnc3n2-c2ccc(C(=O)N3CCOCC3)cc2)cc1F. The van der Waals surface area contributed by atoms with Crippen molar-refractivity contribution in [1.82, 2.24) is 19.4 Å². The van der Waals surface area contributed by atoms with Gasteiger partial charge in [-0.2, -0.15) is 5.26 Å².